The number of fused-ring (bicyclic) bond motifs is 1. The van der Waals surface area contributed by atoms with Crippen LogP contribution in [0.4, 0.5) is 4.39 Å². The summed E-state index contributed by atoms with van der Waals surface area (Å²) in [5.41, 5.74) is 3.09. The lowest BCUT2D eigenvalue weighted by molar-refractivity contribution is 0.252. The van der Waals surface area contributed by atoms with Crippen molar-refractivity contribution in [2.24, 2.45) is 0 Å². The van der Waals surface area contributed by atoms with Crippen molar-refractivity contribution in [1.29, 1.82) is 0 Å². The summed E-state index contributed by atoms with van der Waals surface area (Å²) in [5, 5.41) is 3.44. The second-order valence-corrected chi connectivity index (χ2v) is 5.20. The summed E-state index contributed by atoms with van der Waals surface area (Å²) >= 11 is 0. The van der Waals surface area contributed by atoms with E-state index in [2.05, 4.69) is 24.4 Å². The van der Waals surface area contributed by atoms with E-state index in [9.17, 15) is 4.39 Å². The first-order chi connectivity index (χ1) is 9.74. The van der Waals surface area contributed by atoms with Gasteiger partial charge >= 0.3 is 0 Å². The van der Waals surface area contributed by atoms with Gasteiger partial charge in [0.1, 0.15) is 11.6 Å². The molecule has 20 heavy (non-hydrogen) atoms. The molecule has 2 nitrogen and oxygen atoms in total. The number of benzene rings is 2. The number of hydrogen-bond acceptors (Lipinski definition) is 2. The summed E-state index contributed by atoms with van der Waals surface area (Å²) in [5.74, 6) is 0.782. The molecular weight excluding hydrogens is 253 g/mol. The smallest absolute Gasteiger partial charge is 0.127 e. The first-order valence-electron chi connectivity index (χ1n) is 6.94. The number of ether oxygens (including phenoxy) is 1. The summed E-state index contributed by atoms with van der Waals surface area (Å²) in [4.78, 5) is 0. The third kappa shape index (κ3) is 2.68. The molecule has 2 aromatic carbocycles. The summed E-state index contributed by atoms with van der Waals surface area (Å²) in [6.45, 7) is 3.30. The van der Waals surface area contributed by atoms with Crippen LogP contribution in [-0.2, 0) is 6.54 Å². The van der Waals surface area contributed by atoms with Crippen molar-refractivity contribution in [2.45, 2.75) is 25.9 Å². The van der Waals surface area contributed by atoms with E-state index in [1.807, 2.05) is 18.2 Å². The Morgan fingerprint density at radius 2 is 2.10 bits per heavy atom. The van der Waals surface area contributed by atoms with Gasteiger partial charge in [-0.25, -0.2) is 4.39 Å². The van der Waals surface area contributed by atoms with Crippen LogP contribution < -0.4 is 10.1 Å². The van der Waals surface area contributed by atoms with Gasteiger partial charge in [0.15, 0.2) is 0 Å². The zero-order valence-electron chi connectivity index (χ0n) is 11.5. The van der Waals surface area contributed by atoms with Crippen molar-refractivity contribution in [3.63, 3.8) is 0 Å². The van der Waals surface area contributed by atoms with Crippen LogP contribution in [-0.4, -0.2) is 6.61 Å². The number of rotatable bonds is 3. The third-order valence-corrected chi connectivity index (χ3v) is 3.70. The normalized spacial score (nSPS) is 17.4. The fourth-order valence-corrected chi connectivity index (χ4v) is 2.60. The average Bonchev–Trinajstić information content (AvgIpc) is 2.46. The highest BCUT2D eigenvalue weighted by molar-refractivity contribution is 5.40. The van der Waals surface area contributed by atoms with Gasteiger partial charge in [0.05, 0.1) is 6.61 Å². The van der Waals surface area contributed by atoms with Crippen molar-refractivity contribution in [3.05, 3.63) is 65.0 Å². The largest absolute Gasteiger partial charge is 0.493 e. The second-order valence-electron chi connectivity index (χ2n) is 5.20. The van der Waals surface area contributed by atoms with E-state index in [-0.39, 0.29) is 11.9 Å². The maximum absolute atomic E-state index is 13.6. The topological polar surface area (TPSA) is 21.3 Å². The predicted octanol–water partition coefficient (Wildman–Crippen LogP) is 3.75. The molecule has 3 heteroatoms. The van der Waals surface area contributed by atoms with Gasteiger partial charge in [-0.1, -0.05) is 35.9 Å². The van der Waals surface area contributed by atoms with E-state index in [0.29, 0.717) is 18.7 Å². The van der Waals surface area contributed by atoms with E-state index in [1.54, 1.807) is 6.07 Å². The lowest BCUT2D eigenvalue weighted by Gasteiger charge is -2.27. The molecule has 0 spiro atoms. The Bertz CT molecular complexity index is 612. The van der Waals surface area contributed by atoms with Gasteiger partial charge in [0.2, 0.25) is 0 Å². The van der Waals surface area contributed by atoms with E-state index in [1.165, 1.54) is 17.2 Å². The minimum Gasteiger partial charge on any atom is -0.493 e. The molecule has 0 radical (unpaired) electrons. The zero-order valence-corrected chi connectivity index (χ0v) is 11.5. The van der Waals surface area contributed by atoms with Crippen LogP contribution in [0.5, 0.6) is 5.75 Å². The Balaban J connectivity index is 1.77. The molecule has 1 atom stereocenters. The van der Waals surface area contributed by atoms with E-state index >= 15 is 0 Å². The Labute approximate surface area is 118 Å². The molecule has 104 valence electrons. The number of nitrogens with one attached hydrogen (secondary N) is 1. The van der Waals surface area contributed by atoms with Gasteiger partial charge in [-0.15, -0.1) is 0 Å². The van der Waals surface area contributed by atoms with Crippen molar-refractivity contribution >= 4 is 0 Å². The molecule has 0 aromatic heterocycles. The predicted molar refractivity (Wildman–Crippen MR) is 77.3 cm³/mol. The molecule has 0 saturated heterocycles. The first kappa shape index (κ1) is 13.1. The number of halogens is 1. The Hall–Kier alpha value is -1.87. The van der Waals surface area contributed by atoms with Gasteiger partial charge in [-0.3, -0.25) is 0 Å². The van der Waals surface area contributed by atoms with Crippen LogP contribution in [0.25, 0.3) is 0 Å². The Morgan fingerprint density at radius 1 is 1.25 bits per heavy atom. The molecule has 1 unspecified atom stereocenters. The highest BCUT2D eigenvalue weighted by Gasteiger charge is 2.21. The van der Waals surface area contributed by atoms with Crippen molar-refractivity contribution in [3.8, 4) is 5.75 Å². The highest BCUT2D eigenvalue weighted by atomic mass is 19.1. The summed E-state index contributed by atoms with van der Waals surface area (Å²) in [6.07, 6.45) is 0.908. The van der Waals surface area contributed by atoms with E-state index in [4.69, 9.17) is 4.74 Å². The van der Waals surface area contributed by atoms with Crippen LogP contribution in [0.15, 0.2) is 42.5 Å². The maximum Gasteiger partial charge on any atom is 0.127 e. The summed E-state index contributed by atoms with van der Waals surface area (Å²) < 4.78 is 19.3. The molecular formula is C17H18FNO. The van der Waals surface area contributed by atoms with Crippen LogP contribution in [0.2, 0.25) is 0 Å². The molecule has 0 aliphatic carbocycles. The standard InChI is InChI=1S/C17H18FNO/c1-12-6-7-17-14(10-12)16(8-9-20-17)19-11-13-4-2-3-5-15(13)18/h2-7,10,16,19H,8-9,11H2,1H3. The fraction of sp³-hybridized carbons (Fsp3) is 0.294. The van der Waals surface area contributed by atoms with Crippen LogP contribution in [0, 0.1) is 12.7 Å². The van der Waals surface area contributed by atoms with Gasteiger partial charge in [-0.05, 0) is 19.1 Å². The summed E-state index contributed by atoms with van der Waals surface area (Å²) in [6, 6.07) is 13.3. The molecule has 3 rings (SSSR count). The molecule has 1 heterocycles. The molecule has 1 aliphatic rings. The molecule has 0 fully saturated rings. The van der Waals surface area contributed by atoms with E-state index < -0.39 is 0 Å². The second kappa shape index (κ2) is 5.63. The lowest BCUT2D eigenvalue weighted by Crippen LogP contribution is -2.27. The number of aryl methyl sites for hydroxylation is 1. The SMILES string of the molecule is Cc1ccc2c(c1)C(NCc1ccccc1F)CCO2. The van der Waals surface area contributed by atoms with Gasteiger partial charge in [-0.2, -0.15) is 0 Å². The molecule has 1 N–H and O–H groups in total. The highest BCUT2D eigenvalue weighted by Crippen LogP contribution is 2.32. The monoisotopic (exact) mass is 271 g/mol. The van der Waals surface area contributed by atoms with Crippen molar-refractivity contribution in [1.82, 2.24) is 5.32 Å². The fourth-order valence-electron chi connectivity index (χ4n) is 2.60. The summed E-state index contributed by atoms with van der Waals surface area (Å²) in [7, 11) is 0. The quantitative estimate of drug-likeness (QED) is 0.918. The maximum atomic E-state index is 13.6. The van der Waals surface area contributed by atoms with Crippen molar-refractivity contribution in [2.75, 3.05) is 6.61 Å². The minimum absolute atomic E-state index is 0.156. The van der Waals surface area contributed by atoms with Crippen LogP contribution >= 0.6 is 0 Å². The minimum atomic E-state index is -0.156. The van der Waals surface area contributed by atoms with Gasteiger partial charge < -0.3 is 10.1 Å². The average molecular weight is 271 g/mol. The van der Waals surface area contributed by atoms with Crippen molar-refractivity contribution < 1.29 is 9.13 Å². The molecule has 0 amide bonds. The zero-order chi connectivity index (χ0) is 13.9. The van der Waals surface area contributed by atoms with Gasteiger partial charge in [0.25, 0.3) is 0 Å². The molecule has 0 bridgehead atoms. The molecule has 1 aliphatic heterocycles. The lowest BCUT2D eigenvalue weighted by atomic mass is 9.98. The van der Waals surface area contributed by atoms with E-state index in [0.717, 1.165) is 12.2 Å². The van der Waals surface area contributed by atoms with Crippen LogP contribution in [0.1, 0.15) is 29.2 Å². The van der Waals surface area contributed by atoms with Gasteiger partial charge in [0, 0.05) is 30.1 Å². The third-order valence-electron chi connectivity index (χ3n) is 3.70. The Morgan fingerprint density at radius 3 is 2.95 bits per heavy atom. The first-order valence-corrected chi connectivity index (χ1v) is 6.94. The Kier molecular flexibility index (Phi) is 3.70. The number of hydrogen-bond donors (Lipinski definition) is 1. The molecule has 0 saturated carbocycles. The van der Waals surface area contributed by atoms with Crippen LogP contribution in [0.3, 0.4) is 0 Å². The molecule has 2 aromatic rings.